The highest BCUT2D eigenvalue weighted by atomic mass is 32.2. The number of hydrogen-bond donors (Lipinski definition) is 1. The summed E-state index contributed by atoms with van der Waals surface area (Å²) in [7, 11) is -3.29. The monoisotopic (exact) mass is 462 g/mol. The SMILES string of the molecule is CS(=O)(=O)c1cccc(-c2cnn3cc(-c4ccc(CCN5CCC(O)C5)cc4)cnc23)c1. The molecule has 170 valence electrons. The molecule has 3 heterocycles. The molecular weight excluding hydrogens is 436 g/mol. The second-order valence-electron chi connectivity index (χ2n) is 8.66. The van der Waals surface area contributed by atoms with Crippen molar-refractivity contribution >= 4 is 15.5 Å². The van der Waals surface area contributed by atoms with Crippen LogP contribution in [-0.2, 0) is 16.3 Å². The molecule has 1 saturated heterocycles. The smallest absolute Gasteiger partial charge is 0.175 e. The molecule has 1 aliphatic heterocycles. The first-order chi connectivity index (χ1) is 15.9. The normalized spacial score (nSPS) is 17.1. The molecule has 1 atom stereocenters. The fourth-order valence-electron chi connectivity index (χ4n) is 4.29. The highest BCUT2D eigenvalue weighted by molar-refractivity contribution is 7.90. The fourth-order valence-corrected chi connectivity index (χ4v) is 4.95. The minimum absolute atomic E-state index is 0.179. The summed E-state index contributed by atoms with van der Waals surface area (Å²) >= 11 is 0. The quantitative estimate of drug-likeness (QED) is 0.474. The molecule has 1 fully saturated rings. The van der Waals surface area contributed by atoms with Crippen LogP contribution in [-0.4, -0.2) is 65.0 Å². The van der Waals surface area contributed by atoms with Gasteiger partial charge in [0.15, 0.2) is 15.5 Å². The average Bonchev–Trinajstić information content (AvgIpc) is 3.43. The summed E-state index contributed by atoms with van der Waals surface area (Å²) in [5.74, 6) is 0. The van der Waals surface area contributed by atoms with Crippen molar-refractivity contribution in [1.29, 1.82) is 0 Å². The maximum absolute atomic E-state index is 11.9. The Hall–Kier alpha value is -3.07. The predicted octanol–water partition coefficient (Wildman–Crippen LogP) is 3.08. The zero-order valence-electron chi connectivity index (χ0n) is 18.4. The van der Waals surface area contributed by atoms with Crippen molar-refractivity contribution < 1.29 is 13.5 Å². The third-order valence-electron chi connectivity index (χ3n) is 6.18. The number of aliphatic hydroxyl groups excluding tert-OH is 1. The molecule has 0 amide bonds. The van der Waals surface area contributed by atoms with Crippen molar-refractivity contribution in [3.8, 4) is 22.3 Å². The number of nitrogens with zero attached hydrogens (tertiary/aromatic N) is 4. The van der Waals surface area contributed by atoms with E-state index in [-0.39, 0.29) is 11.0 Å². The number of benzene rings is 2. The van der Waals surface area contributed by atoms with Gasteiger partial charge in [0.1, 0.15) is 0 Å². The molecule has 7 nitrogen and oxygen atoms in total. The van der Waals surface area contributed by atoms with Gasteiger partial charge in [-0.05, 0) is 41.7 Å². The van der Waals surface area contributed by atoms with E-state index in [9.17, 15) is 13.5 Å². The van der Waals surface area contributed by atoms with Crippen molar-refractivity contribution in [2.75, 3.05) is 25.9 Å². The summed E-state index contributed by atoms with van der Waals surface area (Å²) in [5, 5.41) is 14.1. The van der Waals surface area contributed by atoms with E-state index >= 15 is 0 Å². The molecule has 1 aliphatic rings. The van der Waals surface area contributed by atoms with E-state index in [1.54, 1.807) is 28.9 Å². The van der Waals surface area contributed by atoms with Crippen molar-refractivity contribution in [3.63, 3.8) is 0 Å². The Bertz CT molecular complexity index is 1400. The summed E-state index contributed by atoms with van der Waals surface area (Å²) in [6, 6.07) is 15.3. The largest absolute Gasteiger partial charge is 0.392 e. The Morgan fingerprint density at radius 2 is 1.88 bits per heavy atom. The Kier molecular flexibility index (Phi) is 5.74. The van der Waals surface area contributed by atoms with Gasteiger partial charge in [0.2, 0.25) is 0 Å². The molecule has 5 rings (SSSR count). The van der Waals surface area contributed by atoms with Crippen LogP contribution in [0.1, 0.15) is 12.0 Å². The summed E-state index contributed by atoms with van der Waals surface area (Å²) < 4.78 is 25.6. The molecule has 4 aromatic rings. The summed E-state index contributed by atoms with van der Waals surface area (Å²) in [4.78, 5) is 7.20. The van der Waals surface area contributed by atoms with Crippen molar-refractivity contribution in [2.45, 2.75) is 23.8 Å². The van der Waals surface area contributed by atoms with E-state index in [2.05, 4.69) is 39.2 Å². The number of β-amino-alcohol motifs (C(OH)–C–C–N with tert-alkyl or cyclic N) is 1. The van der Waals surface area contributed by atoms with Crippen LogP contribution < -0.4 is 0 Å². The highest BCUT2D eigenvalue weighted by Gasteiger charge is 2.19. The average molecular weight is 463 g/mol. The van der Waals surface area contributed by atoms with Crippen LogP contribution in [0.4, 0.5) is 0 Å². The molecule has 0 saturated carbocycles. The molecule has 1 unspecified atom stereocenters. The standard InChI is InChI=1S/C25H26N4O3S/c1-33(31,32)23-4-2-3-20(13-23)24-15-27-29-16-21(14-26-25(24)29)19-7-5-18(6-8-19)9-11-28-12-10-22(30)17-28/h2-8,13-16,22,30H,9-12,17H2,1H3. The fraction of sp³-hybridized carbons (Fsp3) is 0.280. The summed E-state index contributed by atoms with van der Waals surface area (Å²) in [6.45, 7) is 2.70. The molecule has 0 radical (unpaired) electrons. The second-order valence-corrected chi connectivity index (χ2v) is 10.7. The third-order valence-corrected chi connectivity index (χ3v) is 7.29. The second kappa shape index (κ2) is 8.70. The molecule has 0 bridgehead atoms. The Morgan fingerprint density at radius 3 is 2.61 bits per heavy atom. The summed E-state index contributed by atoms with van der Waals surface area (Å²) in [6.07, 6.45) is 8.32. The van der Waals surface area contributed by atoms with Gasteiger partial charge in [-0.2, -0.15) is 5.10 Å². The number of fused-ring (bicyclic) bond motifs is 1. The van der Waals surface area contributed by atoms with Crippen LogP contribution >= 0.6 is 0 Å². The Labute approximate surface area is 193 Å². The van der Waals surface area contributed by atoms with Crippen LogP contribution in [0.15, 0.2) is 72.0 Å². The number of rotatable bonds is 6. The van der Waals surface area contributed by atoms with Crippen LogP contribution in [0, 0.1) is 0 Å². The van der Waals surface area contributed by atoms with Gasteiger partial charge in [0, 0.05) is 49.4 Å². The van der Waals surface area contributed by atoms with Gasteiger partial charge >= 0.3 is 0 Å². The zero-order chi connectivity index (χ0) is 23.0. The van der Waals surface area contributed by atoms with E-state index in [4.69, 9.17) is 0 Å². The molecule has 33 heavy (non-hydrogen) atoms. The molecule has 1 N–H and O–H groups in total. The van der Waals surface area contributed by atoms with Gasteiger partial charge in [-0.3, -0.25) is 0 Å². The Balaban J connectivity index is 1.35. The van der Waals surface area contributed by atoms with Crippen LogP contribution in [0.5, 0.6) is 0 Å². The van der Waals surface area contributed by atoms with Gasteiger partial charge in [-0.15, -0.1) is 0 Å². The first-order valence-corrected chi connectivity index (χ1v) is 12.9. The number of aromatic nitrogens is 3. The van der Waals surface area contributed by atoms with Gasteiger partial charge in [-0.1, -0.05) is 36.4 Å². The van der Waals surface area contributed by atoms with E-state index in [1.807, 2.05) is 18.5 Å². The lowest BCUT2D eigenvalue weighted by atomic mass is 10.0. The molecule has 2 aromatic heterocycles. The van der Waals surface area contributed by atoms with E-state index in [1.165, 1.54) is 11.8 Å². The minimum atomic E-state index is -3.29. The number of likely N-dealkylation sites (tertiary alicyclic amines) is 1. The van der Waals surface area contributed by atoms with Gasteiger partial charge in [0.05, 0.1) is 17.2 Å². The maximum Gasteiger partial charge on any atom is 0.175 e. The van der Waals surface area contributed by atoms with Crippen molar-refractivity contribution in [1.82, 2.24) is 19.5 Å². The van der Waals surface area contributed by atoms with Gasteiger partial charge < -0.3 is 10.0 Å². The lowest BCUT2D eigenvalue weighted by molar-refractivity contribution is 0.177. The molecule has 0 aliphatic carbocycles. The maximum atomic E-state index is 11.9. The van der Waals surface area contributed by atoms with Crippen molar-refractivity contribution in [2.24, 2.45) is 0 Å². The van der Waals surface area contributed by atoms with Crippen LogP contribution in [0.25, 0.3) is 27.9 Å². The molecule has 2 aromatic carbocycles. The van der Waals surface area contributed by atoms with E-state index < -0.39 is 9.84 Å². The zero-order valence-corrected chi connectivity index (χ0v) is 19.2. The third kappa shape index (κ3) is 4.68. The Morgan fingerprint density at radius 1 is 1.06 bits per heavy atom. The minimum Gasteiger partial charge on any atom is -0.392 e. The highest BCUT2D eigenvalue weighted by Crippen LogP contribution is 2.27. The van der Waals surface area contributed by atoms with Crippen LogP contribution in [0.3, 0.4) is 0 Å². The predicted molar refractivity (Wildman–Crippen MR) is 128 cm³/mol. The van der Waals surface area contributed by atoms with Crippen molar-refractivity contribution in [3.05, 3.63) is 72.7 Å². The first-order valence-electron chi connectivity index (χ1n) is 11.0. The number of sulfone groups is 1. The van der Waals surface area contributed by atoms with Gasteiger partial charge in [0.25, 0.3) is 0 Å². The number of hydrogen-bond acceptors (Lipinski definition) is 6. The summed E-state index contributed by atoms with van der Waals surface area (Å²) in [5.41, 5.74) is 5.50. The lowest BCUT2D eigenvalue weighted by Crippen LogP contribution is -2.24. The van der Waals surface area contributed by atoms with E-state index in [0.717, 1.165) is 54.7 Å². The number of aliphatic hydroxyl groups is 1. The van der Waals surface area contributed by atoms with Gasteiger partial charge in [-0.25, -0.2) is 17.9 Å². The molecule has 0 spiro atoms. The molecular formula is C25H26N4O3S. The lowest BCUT2D eigenvalue weighted by Gasteiger charge is -2.14. The topological polar surface area (TPSA) is 87.8 Å². The first kappa shape index (κ1) is 21.8. The van der Waals surface area contributed by atoms with E-state index in [0.29, 0.717) is 5.65 Å². The van der Waals surface area contributed by atoms with Crippen LogP contribution in [0.2, 0.25) is 0 Å². The molecule has 8 heteroatoms.